The number of rotatable bonds is 3. The summed E-state index contributed by atoms with van der Waals surface area (Å²) in [5.41, 5.74) is 1.17. The Morgan fingerprint density at radius 1 is 1.04 bits per heavy atom. The van der Waals surface area contributed by atoms with E-state index in [1.54, 1.807) is 14.2 Å². The molecule has 0 saturated carbocycles. The van der Waals surface area contributed by atoms with Crippen LogP contribution in [0.1, 0.15) is 22.6 Å². The zero-order valence-corrected chi connectivity index (χ0v) is 15.6. The summed E-state index contributed by atoms with van der Waals surface area (Å²) in [5, 5.41) is 11.2. The highest BCUT2D eigenvalue weighted by atomic mass is 16.7. The van der Waals surface area contributed by atoms with Gasteiger partial charge >= 0.3 is 5.97 Å². The van der Waals surface area contributed by atoms with Crippen LogP contribution in [0.15, 0.2) is 30.3 Å². The Hall–Kier alpha value is -2.93. The fourth-order valence-electron chi connectivity index (χ4n) is 4.56. The van der Waals surface area contributed by atoms with Crippen LogP contribution in [0.3, 0.4) is 0 Å². The average Bonchev–Trinajstić information content (AvgIpc) is 3.27. The zero-order chi connectivity index (χ0) is 19.5. The van der Waals surface area contributed by atoms with Gasteiger partial charge in [-0.1, -0.05) is 6.07 Å². The number of cyclic esters (lactones) is 1. The number of carbonyl (C=O) groups excluding carboxylic acids is 1. The molecular formula is C21H20O7. The molecule has 28 heavy (non-hydrogen) atoms. The molecule has 5 rings (SSSR count). The Morgan fingerprint density at radius 3 is 2.54 bits per heavy atom. The van der Waals surface area contributed by atoms with Gasteiger partial charge in [0.05, 0.1) is 20.8 Å². The molecule has 146 valence electrons. The normalized spacial score (nSPS) is 27.0. The number of esters is 1. The van der Waals surface area contributed by atoms with Crippen molar-refractivity contribution in [2.75, 3.05) is 27.6 Å². The Balaban J connectivity index is 1.70. The van der Waals surface area contributed by atoms with E-state index in [0.717, 1.165) is 16.7 Å². The minimum absolute atomic E-state index is 0.155. The number of carbonyl (C=O) groups is 1. The summed E-state index contributed by atoms with van der Waals surface area (Å²) in [5.74, 6) is 1.23. The molecule has 0 bridgehead atoms. The van der Waals surface area contributed by atoms with Crippen molar-refractivity contribution in [2.45, 2.75) is 17.9 Å². The number of hydrogen-bond donors (Lipinski definition) is 1. The van der Waals surface area contributed by atoms with E-state index in [1.165, 1.54) is 0 Å². The molecule has 1 saturated heterocycles. The first-order chi connectivity index (χ1) is 13.5. The number of hydrogen-bond acceptors (Lipinski definition) is 7. The predicted molar refractivity (Wildman–Crippen MR) is 97.1 cm³/mol. The standard InChI is InChI=1S/C21H20O7/c1-24-15-4-3-11(5-16(15)25-2)19-13-7-18-17(27-10-28-18)6-12(13)8-21(23)14(19)9-26-20(21)22/h3-7,14,19,23H,8-10H2,1-2H3/t14-,19+,21+/m1/s1. The van der Waals surface area contributed by atoms with Gasteiger partial charge in [0.15, 0.2) is 28.6 Å². The highest BCUT2D eigenvalue weighted by Gasteiger charge is 2.58. The first-order valence-electron chi connectivity index (χ1n) is 9.09. The topological polar surface area (TPSA) is 83.5 Å². The summed E-state index contributed by atoms with van der Waals surface area (Å²) in [6.07, 6.45) is 0.187. The van der Waals surface area contributed by atoms with Gasteiger partial charge in [-0.05, 0) is 41.0 Å². The molecule has 1 aliphatic carbocycles. The van der Waals surface area contributed by atoms with Crippen molar-refractivity contribution in [3.05, 3.63) is 47.0 Å². The van der Waals surface area contributed by atoms with Crippen LogP contribution in [-0.2, 0) is 16.0 Å². The maximum absolute atomic E-state index is 12.4. The van der Waals surface area contributed by atoms with E-state index in [1.807, 2.05) is 30.3 Å². The van der Waals surface area contributed by atoms with E-state index in [9.17, 15) is 9.90 Å². The summed E-state index contributed by atoms with van der Waals surface area (Å²) < 4.78 is 27.1. The molecule has 0 amide bonds. The van der Waals surface area contributed by atoms with Crippen molar-refractivity contribution in [1.82, 2.24) is 0 Å². The minimum Gasteiger partial charge on any atom is -0.493 e. The molecule has 2 aromatic rings. The number of benzene rings is 2. The number of fused-ring (bicyclic) bond motifs is 3. The molecule has 2 aromatic carbocycles. The van der Waals surface area contributed by atoms with Crippen molar-refractivity contribution in [1.29, 1.82) is 0 Å². The summed E-state index contributed by atoms with van der Waals surface area (Å²) in [6.45, 7) is 0.317. The lowest BCUT2D eigenvalue weighted by Gasteiger charge is -2.38. The zero-order valence-electron chi connectivity index (χ0n) is 15.6. The molecule has 1 fully saturated rings. The van der Waals surface area contributed by atoms with Crippen molar-refractivity contribution >= 4 is 5.97 Å². The van der Waals surface area contributed by atoms with Gasteiger partial charge in [0.2, 0.25) is 6.79 Å². The molecule has 7 nitrogen and oxygen atoms in total. The Morgan fingerprint density at radius 2 is 1.79 bits per heavy atom. The average molecular weight is 384 g/mol. The third-order valence-corrected chi connectivity index (χ3v) is 5.96. The van der Waals surface area contributed by atoms with E-state index in [4.69, 9.17) is 23.7 Å². The molecule has 0 unspecified atom stereocenters. The van der Waals surface area contributed by atoms with Gasteiger partial charge in [-0.2, -0.15) is 0 Å². The van der Waals surface area contributed by atoms with E-state index >= 15 is 0 Å². The highest BCUT2D eigenvalue weighted by molar-refractivity contribution is 5.83. The van der Waals surface area contributed by atoms with E-state index in [2.05, 4.69) is 0 Å². The van der Waals surface area contributed by atoms with Gasteiger partial charge in [0.25, 0.3) is 0 Å². The molecule has 1 N–H and O–H groups in total. The van der Waals surface area contributed by atoms with E-state index in [0.29, 0.717) is 23.0 Å². The first-order valence-corrected chi connectivity index (χ1v) is 9.09. The Kier molecular flexibility index (Phi) is 3.71. The van der Waals surface area contributed by atoms with Crippen LogP contribution in [0, 0.1) is 5.92 Å². The van der Waals surface area contributed by atoms with Crippen LogP contribution >= 0.6 is 0 Å². The van der Waals surface area contributed by atoms with Crippen LogP contribution < -0.4 is 18.9 Å². The summed E-state index contributed by atoms with van der Waals surface area (Å²) >= 11 is 0. The summed E-state index contributed by atoms with van der Waals surface area (Å²) in [4.78, 5) is 12.4. The maximum Gasteiger partial charge on any atom is 0.338 e. The SMILES string of the molecule is COc1ccc([C@H]2c3cc4c(cc3C[C@@]3(O)C(=O)OC[C@H]23)OCO4)cc1OC. The van der Waals surface area contributed by atoms with Crippen LogP contribution in [-0.4, -0.2) is 44.3 Å². The monoisotopic (exact) mass is 384 g/mol. The second-order valence-corrected chi connectivity index (χ2v) is 7.30. The van der Waals surface area contributed by atoms with Gasteiger partial charge < -0.3 is 28.8 Å². The minimum atomic E-state index is -1.57. The third-order valence-electron chi connectivity index (χ3n) is 5.96. The number of aliphatic hydroxyl groups is 1. The second kappa shape index (κ2) is 6.04. The smallest absolute Gasteiger partial charge is 0.338 e. The van der Waals surface area contributed by atoms with Crippen LogP contribution in [0.4, 0.5) is 0 Å². The van der Waals surface area contributed by atoms with Gasteiger partial charge in [-0.25, -0.2) is 4.79 Å². The summed E-state index contributed by atoms with van der Waals surface area (Å²) in [6, 6.07) is 9.43. The van der Waals surface area contributed by atoms with Gasteiger partial charge in [-0.3, -0.25) is 0 Å². The molecule has 3 atom stereocenters. The molecule has 0 radical (unpaired) electrons. The van der Waals surface area contributed by atoms with Crippen LogP contribution in [0.2, 0.25) is 0 Å². The molecule has 2 aliphatic heterocycles. The fraction of sp³-hybridized carbons (Fsp3) is 0.381. The van der Waals surface area contributed by atoms with Crippen molar-refractivity contribution in [2.24, 2.45) is 5.92 Å². The van der Waals surface area contributed by atoms with Gasteiger partial charge in [-0.15, -0.1) is 0 Å². The van der Waals surface area contributed by atoms with Crippen molar-refractivity contribution in [3.63, 3.8) is 0 Å². The fourth-order valence-corrected chi connectivity index (χ4v) is 4.56. The van der Waals surface area contributed by atoms with Gasteiger partial charge in [0, 0.05) is 18.3 Å². The third kappa shape index (κ3) is 2.29. The largest absolute Gasteiger partial charge is 0.493 e. The maximum atomic E-state index is 12.4. The lowest BCUT2D eigenvalue weighted by molar-refractivity contribution is -0.154. The highest BCUT2D eigenvalue weighted by Crippen LogP contribution is 2.52. The lowest BCUT2D eigenvalue weighted by Crippen LogP contribution is -2.48. The second-order valence-electron chi connectivity index (χ2n) is 7.30. The van der Waals surface area contributed by atoms with Crippen molar-refractivity contribution < 1.29 is 33.6 Å². The molecule has 2 heterocycles. The summed E-state index contributed by atoms with van der Waals surface area (Å²) in [7, 11) is 3.16. The quantitative estimate of drug-likeness (QED) is 0.811. The van der Waals surface area contributed by atoms with E-state index < -0.39 is 17.5 Å². The number of methoxy groups -OCH3 is 2. The molecule has 3 aliphatic rings. The lowest BCUT2D eigenvalue weighted by atomic mass is 9.65. The van der Waals surface area contributed by atoms with Crippen LogP contribution in [0.5, 0.6) is 23.0 Å². The van der Waals surface area contributed by atoms with Crippen molar-refractivity contribution in [3.8, 4) is 23.0 Å². The molecule has 0 spiro atoms. The predicted octanol–water partition coefficient (Wildman–Crippen LogP) is 2.02. The Labute approximate surface area is 161 Å². The van der Waals surface area contributed by atoms with Crippen LogP contribution in [0.25, 0.3) is 0 Å². The molecule has 7 heteroatoms. The van der Waals surface area contributed by atoms with Gasteiger partial charge in [0.1, 0.15) is 0 Å². The number of ether oxygens (including phenoxy) is 5. The molecular weight excluding hydrogens is 364 g/mol. The Bertz CT molecular complexity index is 969. The molecule has 0 aromatic heterocycles. The first kappa shape index (κ1) is 17.2. The van der Waals surface area contributed by atoms with E-state index in [-0.39, 0.29) is 25.7 Å².